The van der Waals surface area contributed by atoms with Gasteiger partial charge in [0.1, 0.15) is 11.5 Å². The molecule has 8 heteroatoms. The van der Waals surface area contributed by atoms with Gasteiger partial charge >= 0.3 is 0 Å². The van der Waals surface area contributed by atoms with E-state index in [0.29, 0.717) is 42.5 Å². The van der Waals surface area contributed by atoms with Gasteiger partial charge in [-0.15, -0.1) is 10.2 Å². The summed E-state index contributed by atoms with van der Waals surface area (Å²) < 4.78 is 10.5. The van der Waals surface area contributed by atoms with Crippen LogP contribution in [0.2, 0.25) is 5.02 Å². The number of benzene rings is 2. The van der Waals surface area contributed by atoms with Crippen LogP contribution in [0.15, 0.2) is 54.6 Å². The Morgan fingerprint density at radius 1 is 0.903 bits per heavy atom. The van der Waals surface area contributed by atoms with Crippen molar-refractivity contribution in [2.75, 3.05) is 45.3 Å². The highest BCUT2D eigenvalue weighted by atomic mass is 35.5. The number of methoxy groups -OCH3 is 2. The van der Waals surface area contributed by atoms with Gasteiger partial charge < -0.3 is 19.3 Å². The summed E-state index contributed by atoms with van der Waals surface area (Å²) in [4.78, 5) is 16.9. The molecule has 0 N–H and O–H groups in total. The van der Waals surface area contributed by atoms with Gasteiger partial charge in [0, 0.05) is 36.8 Å². The van der Waals surface area contributed by atoms with Crippen LogP contribution >= 0.6 is 11.6 Å². The third kappa shape index (κ3) is 4.56. The number of piperazine rings is 1. The Balaban J connectivity index is 1.40. The molecule has 0 atom stereocenters. The van der Waals surface area contributed by atoms with Crippen molar-refractivity contribution in [2.24, 2.45) is 0 Å². The number of anilines is 1. The van der Waals surface area contributed by atoms with Crippen molar-refractivity contribution >= 4 is 23.3 Å². The fraction of sp³-hybridized carbons (Fsp3) is 0.261. The lowest BCUT2D eigenvalue weighted by molar-refractivity contribution is 0.0743. The summed E-state index contributed by atoms with van der Waals surface area (Å²) in [6.45, 7) is 2.50. The largest absolute Gasteiger partial charge is 0.497 e. The second-order valence-electron chi connectivity index (χ2n) is 7.13. The van der Waals surface area contributed by atoms with E-state index < -0.39 is 0 Å². The lowest BCUT2D eigenvalue weighted by atomic mass is 10.1. The zero-order chi connectivity index (χ0) is 21.8. The molecule has 1 fully saturated rings. The SMILES string of the molecule is COc1ccc(-c2ccc(N3CCN(C(=O)c4cc(Cl)ccc4OC)CC3)nn2)cc1. The van der Waals surface area contributed by atoms with E-state index in [4.69, 9.17) is 21.1 Å². The molecule has 1 aliphatic heterocycles. The lowest BCUT2D eigenvalue weighted by Crippen LogP contribution is -2.49. The van der Waals surface area contributed by atoms with E-state index in [0.717, 1.165) is 22.8 Å². The first-order valence-electron chi connectivity index (χ1n) is 9.95. The Bertz CT molecular complexity index is 1050. The first kappa shape index (κ1) is 20.9. The monoisotopic (exact) mass is 438 g/mol. The first-order chi connectivity index (χ1) is 15.1. The molecular weight excluding hydrogens is 416 g/mol. The summed E-state index contributed by atoms with van der Waals surface area (Å²) >= 11 is 6.08. The first-order valence-corrected chi connectivity index (χ1v) is 10.3. The zero-order valence-electron chi connectivity index (χ0n) is 17.4. The van der Waals surface area contributed by atoms with Gasteiger partial charge in [-0.05, 0) is 54.6 Å². The predicted octanol–water partition coefficient (Wildman–Crippen LogP) is 3.78. The number of hydrogen-bond acceptors (Lipinski definition) is 6. The number of nitrogens with zero attached hydrogens (tertiary/aromatic N) is 4. The highest BCUT2D eigenvalue weighted by Gasteiger charge is 2.25. The molecule has 0 aliphatic carbocycles. The Morgan fingerprint density at radius 3 is 2.26 bits per heavy atom. The molecular formula is C23H23ClN4O3. The van der Waals surface area contributed by atoms with Gasteiger partial charge in [0.2, 0.25) is 0 Å². The standard InChI is InChI=1S/C23H23ClN4O3/c1-30-18-6-3-16(4-7-18)20-8-10-22(26-25-20)27-11-13-28(14-12-27)23(29)19-15-17(24)5-9-21(19)31-2/h3-10,15H,11-14H2,1-2H3. The number of halogens is 1. The van der Waals surface area contributed by atoms with E-state index in [1.165, 1.54) is 0 Å². The third-order valence-corrected chi connectivity index (χ3v) is 5.55. The van der Waals surface area contributed by atoms with E-state index in [1.54, 1.807) is 32.4 Å². The van der Waals surface area contributed by atoms with Gasteiger partial charge in [0.25, 0.3) is 5.91 Å². The van der Waals surface area contributed by atoms with Crippen LogP contribution in [0, 0.1) is 0 Å². The van der Waals surface area contributed by atoms with Crippen molar-refractivity contribution in [3.8, 4) is 22.8 Å². The van der Waals surface area contributed by atoms with Crippen molar-refractivity contribution in [3.63, 3.8) is 0 Å². The molecule has 1 saturated heterocycles. The maximum absolute atomic E-state index is 13.0. The minimum absolute atomic E-state index is 0.0834. The second kappa shape index (κ2) is 9.22. The molecule has 1 aliphatic rings. The van der Waals surface area contributed by atoms with Crippen LogP contribution in [0.4, 0.5) is 5.82 Å². The highest BCUT2D eigenvalue weighted by Crippen LogP contribution is 2.25. The van der Waals surface area contributed by atoms with Crippen LogP contribution < -0.4 is 14.4 Å². The fourth-order valence-electron chi connectivity index (χ4n) is 3.57. The van der Waals surface area contributed by atoms with Crippen LogP contribution in [-0.2, 0) is 0 Å². The van der Waals surface area contributed by atoms with Crippen molar-refractivity contribution in [2.45, 2.75) is 0 Å². The molecule has 7 nitrogen and oxygen atoms in total. The molecule has 0 unspecified atom stereocenters. The zero-order valence-corrected chi connectivity index (χ0v) is 18.2. The van der Waals surface area contributed by atoms with Gasteiger partial charge in [0.15, 0.2) is 5.82 Å². The van der Waals surface area contributed by atoms with Gasteiger partial charge in [-0.25, -0.2) is 0 Å². The lowest BCUT2D eigenvalue weighted by Gasteiger charge is -2.35. The Morgan fingerprint density at radius 2 is 1.65 bits per heavy atom. The molecule has 160 valence electrons. The number of carbonyl (C=O) groups is 1. The fourth-order valence-corrected chi connectivity index (χ4v) is 3.74. The summed E-state index contributed by atoms with van der Waals surface area (Å²) in [7, 11) is 3.19. The number of rotatable bonds is 5. The maximum Gasteiger partial charge on any atom is 0.257 e. The summed E-state index contributed by atoms with van der Waals surface area (Å²) in [5.74, 6) is 2.04. The Labute approximate surface area is 186 Å². The van der Waals surface area contributed by atoms with Crippen molar-refractivity contribution in [3.05, 3.63) is 65.2 Å². The van der Waals surface area contributed by atoms with E-state index in [9.17, 15) is 4.79 Å². The average Bonchev–Trinajstić information content (AvgIpc) is 2.84. The molecule has 2 heterocycles. The average molecular weight is 439 g/mol. The van der Waals surface area contributed by atoms with E-state index in [-0.39, 0.29) is 5.91 Å². The van der Waals surface area contributed by atoms with Crippen molar-refractivity contribution in [1.29, 1.82) is 0 Å². The highest BCUT2D eigenvalue weighted by molar-refractivity contribution is 6.31. The quantitative estimate of drug-likeness (QED) is 0.604. The minimum Gasteiger partial charge on any atom is -0.497 e. The van der Waals surface area contributed by atoms with Gasteiger partial charge in [0.05, 0.1) is 25.5 Å². The molecule has 3 aromatic rings. The summed E-state index contributed by atoms with van der Waals surface area (Å²) in [6, 6.07) is 16.7. The minimum atomic E-state index is -0.0834. The van der Waals surface area contributed by atoms with Crippen LogP contribution in [0.1, 0.15) is 10.4 Å². The molecule has 1 amide bonds. The van der Waals surface area contributed by atoms with Crippen molar-refractivity contribution < 1.29 is 14.3 Å². The number of carbonyl (C=O) groups excluding carboxylic acids is 1. The molecule has 0 spiro atoms. The maximum atomic E-state index is 13.0. The van der Waals surface area contributed by atoms with E-state index in [2.05, 4.69) is 15.1 Å². The second-order valence-corrected chi connectivity index (χ2v) is 7.57. The molecule has 4 rings (SSSR count). The Kier molecular flexibility index (Phi) is 6.23. The Hall–Kier alpha value is -3.32. The van der Waals surface area contributed by atoms with Crippen LogP contribution in [0.5, 0.6) is 11.5 Å². The van der Waals surface area contributed by atoms with Crippen molar-refractivity contribution in [1.82, 2.24) is 15.1 Å². The van der Waals surface area contributed by atoms with Gasteiger partial charge in [-0.1, -0.05) is 11.6 Å². The molecule has 2 aromatic carbocycles. The van der Waals surface area contributed by atoms with Crippen LogP contribution in [0.25, 0.3) is 11.3 Å². The smallest absolute Gasteiger partial charge is 0.257 e. The van der Waals surface area contributed by atoms with Crippen LogP contribution in [-0.4, -0.2) is 61.4 Å². The molecule has 31 heavy (non-hydrogen) atoms. The summed E-state index contributed by atoms with van der Waals surface area (Å²) in [6.07, 6.45) is 0. The number of ether oxygens (including phenoxy) is 2. The normalized spacial score (nSPS) is 13.8. The molecule has 1 aromatic heterocycles. The predicted molar refractivity (Wildman–Crippen MR) is 120 cm³/mol. The number of hydrogen-bond donors (Lipinski definition) is 0. The van der Waals surface area contributed by atoms with Crippen LogP contribution in [0.3, 0.4) is 0 Å². The number of amides is 1. The van der Waals surface area contributed by atoms with E-state index in [1.807, 2.05) is 41.3 Å². The number of aromatic nitrogens is 2. The third-order valence-electron chi connectivity index (χ3n) is 5.32. The van der Waals surface area contributed by atoms with Gasteiger partial charge in [-0.3, -0.25) is 4.79 Å². The van der Waals surface area contributed by atoms with Gasteiger partial charge in [-0.2, -0.15) is 0 Å². The van der Waals surface area contributed by atoms with E-state index >= 15 is 0 Å². The summed E-state index contributed by atoms with van der Waals surface area (Å²) in [5, 5.41) is 9.27. The molecule has 0 bridgehead atoms. The summed E-state index contributed by atoms with van der Waals surface area (Å²) in [5.41, 5.74) is 2.26. The molecule has 0 saturated carbocycles. The topological polar surface area (TPSA) is 67.8 Å². The molecule has 0 radical (unpaired) electrons.